The molecule has 1 aliphatic rings. The maximum atomic E-state index is 11.9. The lowest BCUT2D eigenvalue weighted by Crippen LogP contribution is -2.30. The number of benzene rings is 2. The van der Waals surface area contributed by atoms with Crippen molar-refractivity contribution in [1.29, 1.82) is 0 Å². The van der Waals surface area contributed by atoms with Crippen LogP contribution in [0.4, 0.5) is 0 Å². The largest absolute Gasteiger partial charge is 0.385 e. The van der Waals surface area contributed by atoms with Gasteiger partial charge >= 0.3 is 0 Å². The van der Waals surface area contributed by atoms with Crippen LogP contribution in [0.1, 0.15) is 98.0 Å². The maximum Gasteiger partial charge on any atom is 0.130 e. The van der Waals surface area contributed by atoms with E-state index in [0.717, 1.165) is 24.4 Å². The van der Waals surface area contributed by atoms with Crippen molar-refractivity contribution in [3.63, 3.8) is 0 Å². The van der Waals surface area contributed by atoms with Crippen LogP contribution in [0, 0.1) is 11.3 Å². The summed E-state index contributed by atoms with van der Waals surface area (Å²) in [7, 11) is 0. The Morgan fingerprint density at radius 3 is 2.28 bits per heavy atom. The Labute approximate surface area is 237 Å². The molecule has 3 nitrogen and oxygen atoms in total. The van der Waals surface area contributed by atoms with Gasteiger partial charge in [-0.15, -0.1) is 0 Å². The first-order valence-corrected chi connectivity index (χ1v) is 14.9. The van der Waals surface area contributed by atoms with Gasteiger partial charge in [-0.3, -0.25) is 0 Å². The van der Waals surface area contributed by atoms with E-state index in [9.17, 15) is 4.79 Å². The quantitative estimate of drug-likeness (QED) is 0.243. The zero-order chi connectivity index (χ0) is 28.4. The lowest BCUT2D eigenvalue weighted by Gasteiger charge is -2.33. The molecule has 0 saturated heterocycles. The van der Waals surface area contributed by atoms with E-state index >= 15 is 0 Å². The third kappa shape index (κ3) is 8.98. The minimum absolute atomic E-state index is 0.0967. The number of carbonyl (C=O) groups is 1. The van der Waals surface area contributed by atoms with Crippen molar-refractivity contribution < 1.29 is 4.79 Å². The maximum absolute atomic E-state index is 11.9. The van der Waals surface area contributed by atoms with Gasteiger partial charge in [0, 0.05) is 41.5 Å². The molecular formula is C36H50N2O. The van der Waals surface area contributed by atoms with Crippen LogP contribution in [-0.4, -0.2) is 12.3 Å². The molecule has 2 unspecified atom stereocenters. The van der Waals surface area contributed by atoms with Crippen molar-refractivity contribution in [2.24, 2.45) is 11.3 Å². The number of hydrogen-bond donors (Lipinski definition) is 2. The summed E-state index contributed by atoms with van der Waals surface area (Å²) in [6, 6.07) is 19.5. The van der Waals surface area contributed by atoms with Crippen LogP contribution < -0.4 is 10.6 Å². The fourth-order valence-electron chi connectivity index (χ4n) is 6.03. The zero-order valence-corrected chi connectivity index (χ0v) is 25.2. The molecule has 1 heterocycles. The average molecular weight is 527 g/mol. The Morgan fingerprint density at radius 1 is 1.00 bits per heavy atom. The van der Waals surface area contributed by atoms with Crippen LogP contribution in [0.5, 0.6) is 0 Å². The van der Waals surface area contributed by atoms with E-state index in [2.05, 4.69) is 113 Å². The van der Waals surface area contributed by atoms with Crippen molar-refractivity contribution in [1.82, 2.24) is 10.6 Å². The first-order valence-electron chi connectivity index (χ1n) is 14.9. The van der Waals surface area contributed by atoms with Crippen LogP contribution in [0.15, 0.2) is 89.9 Å². The molecule has 0 spiro atoms. The first kappa shape index (κ1) is 30.5. The number of dihydropyridines is 1. The summed E-state index contributed by atoms with van der Waals surface area (Å²) in [5.74, 6) is 1.01. The van der Waals surface area contributed by atoms with E-state index in [1.54, 1.807) is 6.92 Å². The van der Waals surface area contributed by atoms with Crippen molar-refractivity contribution in [2.45, 2.75) is 92.4 Å². The molecule has 3 rings (SSSR count). The minimum atomic E-state index is -0.105. The van der Waals surface area contributed by atoms with Gasteiger partial charge in [0.2, 0.25) is 0 Å². The Hall–Kier alpha value is -3.07. The van der Waals surface area contributed by atoms with E-state index in [1.807, 2.05) is 0 Å². The summed E-state index contributed by atoms with van der Waals surface area (Å²) >= 11 is 0. The number of hydrogen-bond acceptors (Lipinski definition) is 3. The molecule has 210 valence electrons. The van der Waals surface area contributed by atoms with Gasteiger partial charge in [-0.25, -0.2) is 0 Å². The van der Waals surface area contributed by atoms with Crippen molar-refractivity contribution >= 4 is 5.78 Å². The molecule has 0 aliphatic carbocycles. The Kier molecular flexibility index (Phi) is 11.2. The number of allylic oxidation sites excluding steroid dienone is 4. The first-order chi connectivity index (χ1) is 18.6. The van der Waals surface area contributed by atoms with Crippen LogP contribution in [0.3, 0.4) is 0 Å². The second-order valence-corrected chi connectivity index (χ2v) is 12.2. The molecule has 0 radical (unpaired) electrons. The zero-order valence-electron chi connectivity index (χ0n) is 25.2. The van der Waals surface area contributed by atoms with Gasteiger partial charge in [-0.1, -0.05) is 114 Å². The fraction of sp³-hybridized carbons (Fsp3) is 0.472. The monoisotopic (exact) mass is 526 g/mol. The molecule has 2 aromatic rings. The van der Waals surface area contributed by atoms with Gasteiger partial charge in [-0.05, 0) is 61.1 Å². The summed E-state index contributed by atoms with van der Waals surface area (Å²) in [6.07, 6.45) is 10.00. The molecule has 2 atom stereocenters. The SMILES string of the molecule is C=C(NCC(CCC)CCCC)C1=C(C)NC(CC(C)(C)CC(C)=O)=CC1c1ccc(-c2ccccc2)cc1. The van der Waals surface area contributed by atoms with Crippen LogP contribution in [-0.2, 0) is 4.79 Å². The van der Waals surface area contributed by atoms with Gasteiger partial charge in [0.1, 0.15) is 5.78 Å². The predicted molar refractivity (Wildman–Crippen MR) is 167 cm³/mol. The summed E-state index contributed by atoms with van der Waals surface area (Å²) in [4.78, 5) is 11.9. The Morgan fingerprint density at radius 2 is 1.67 bits per heavy atom. The van der Waals surface area contributed by atoms with Gasteiger partial charge in [-0.2, -0.15) is 0 Å². The minimum Gasteiger partial charge on any atom is -0.385 e. The molecule has 0 bridgehead atoms. The molecule has 3 heteroatoms. The molecular weight excluding hydrogens is 476 g/mol. The highest BCUT2D eigenvalue weighted by Crippen LogP contribution is 2.39. The van der Waals surface area contributed by atoms with Crippen molar-refractivity contribution in [3.05, 3.63) is 95.5 Å². The summed E-state index contributed by atoms with van der Waals surface area (Å²) in [5, 5.41) is 7.43. The van der Waals surface area contributed by atoms with E-state index in [1.165, 1.54) is 60.1 Å². The molecule has 2 aromatic carbocycles. The number of carbonyl (C=O) groups excluding carboxylic acids is 1. The standard InChI is InChI=1S/C36H50N2O/c1-8-10-15-29(14-9-2)25-37-27(4)35-28(5)38-33(24-36(6,7)23-26(3)39)22-34(35)32-20-18-31(19-21-32)30-16-12-11-13-17-30/h11-13,16-22,29,34,37-38H,4,8-10,14-15,23-25H2,1-3,5-7H3. The van der Waals surface area contributed by atoms with Crippen LogP contribution >= 0.6 is 0 Å². The highest BCUT2D eigenvalue weighted by Gasteiger charge is 2.29. The van der Waals surface area contributed by atoms with Crippen molar-refractivity contribution in [2.75, 3.05) is 6.54 Å². The third-order valence-corrected chi connectivity index (χ3v) is 7.80. The van der Waals surface area contributed by atoms with Crippen LogP contribution in [0.25, 0.3) is 11.1 Å². The van der Waals surface area contributed by atoms with Gasteiger partial charge in [0.25, 0.3) is 0 Å². The molecule has 0 fully saturated rings. The topological polar surface area (TPSA) is 41.1 Å². The lowest BCUT2D eigenvalue weighted by atomic mass is 9.79. The smallest absolute Gasteiger partial charge is 0.130 e. The number of nitrogens with one attached hydrogen (secondary N) is 2. The van der Waals surface area contributed by atoms with Gasteiger partial charge in [0.05, 0.1) is 0 Å². The molecule has 0 aromatic heterocycles. The molecule has 0 amide bonds. The summed E-state index contributed by atoms with van der Waals surface area (Å²) in [6.45, 7) is 18.3. The molecule has 0 saturated carbocycles. The number of unbranched alkanes of at least 4 members (excludes halogenated alkanes) is 1. The highest BCUT2D eigenvalue weighted by atomic mass is 16.1. The van der Waals surface area contributed by atoms with Crippen LogP contribution in [0.2, 0.25) is 0 Å². The number of rotatable bonds is 15. The predicted octanol–water partition coefficient (Wildman–Crippen LogP) is 9.30. The second-order valence-electron chi connectivity index (χ2n) is 12.2. The summed E-state index contributed by atoms with van der Waals surface area (Å²) in [5.41, 5.74) is 8.15. The number of Topliss-reactive ketones (excluding diaryl/α,β-unsaturated/α-hetero) is 1. The van der Waals surface area contributed by atoms with Gasteiger partial charge in [0.15, 0.2) is 0 Å². The lowest BCUT2D eigenvalue weighted by molar-refractivity contribution is -0.118. The van der Waals surface area contributed by atoms with E-state index in [4.69, 9.17) is 0 Å². The van der Waals surface area contributed by atoms with Gasteiger partial charge < -0.3 is 15.4 Å². The summed E-state index contributed by atoms with van der Waals surface area (Å²) < 4.78 is 0. The molecule has 1 aliphatic heterocycles. The Bertz CT molecular complexity index is 1150. The number of ketones is 1. The Balaban J connectivity index is 1.90. The van der Waals surface area contributed by atoms with E-state index in [0.29, 0.717) is 12.3 Å². The average Bonchev–Trinajstić information content (AvgIpc) is 2.89. The van der Waals surface area contributed by atoms with Crippen molar-refractivity contribution in [3.8, 4) is 11.1 Å². The second kappa shape index (κ2) is 14.4. The normalized spacial score (nSPS) is 16.4. The fourth-order valence-corrected chi connectivity index (χ4v) is 6.03. The molecule has 39 heavy (non-hydrogen) atoms. The van der Waals surface area contributed by atoms with E-state index < -0.39 is 0 Å². The highest BCUT2D eigenvalue weighted by molar-refractivity contribution is 5.76. The third-order valence-electron chi connectivity index (χ3n) is 7.80. The molecule has 2 N–H and O–H groups in total. The van der Waals surface area contributed by atoms with E-state index in [-0.39, 0.29) is 17.1 Å².